The van der Waals surface area contributed by atoms with Gasteiger partial charge in [-0.15, -0.1) is 11.6 Å². The third kappa shape index (κ3) is 2.37. The van der Waals surface area contributed by atoms with E-state index >= 15 is 0 Å². The Bertz CT molecular complexity index is 152. The van der Waals surface area contributed by atoms with Gasteiger partial charge in [-0.05, 0) is 26.7 Å². The summed E-state index contributed by atoms with van der Waals surface area (Å²) in [5.41, 5.74) is -0.735. The molecule has 0 aromatic carbocycles. The molecular weight excluding hydrogens is 164 g/mol. The standard InChI is InChI=1S/C8H15ClO2/c1-5(6(2)9)8(3,4)7(10)11/h5-6H,1-4H3,(H,10,11). The van der Waals surface area contributed by atoms with Crippen LogP contribution >= 0.6 is 11.6 Å². The van der Waals surface area contributed by atoms with Crippen LogP contribution in [0.2, 0.25) is 0 Å². The summed E-state index contributed by atoms with van der Waals surface area (Å²) in [6.45, 7) is 7.06. The first-order valence-electron chi connectivity index (χ1n) is 3.67. The molecule has 0 saturated carbocycles. The number of alkyl halides is 1. The molecule has 11 heavy (non-hydrogen) atoms. The van der Waals surface area contributed by atoms with Crippen molar-refractivity contribution < 1.29 is 9.90 Å². The van der Waals surface area contributed by atoms with Gasteiger partial charge in [0.05, 0.1) is 5.41 Å². The van der Waals surface area contributed by atoms with E-state index in [2.05, 4.69) is 0 Å². The summed E-state index contributed by atoms with van der Waals surface area (Å²) >= 11 is 5.79. The summed E-state index contributed by atoms with van der Waals surface area (Å²) in [6, 6.07) is 0. The maximum Gasteiger partial charge on any atom is 0.309 e. The topological polar surface area (TPSA) is 37.3 Å². The van der Waals surface area contributed by atoms with Crippen LogP contribution in [0.3, 0.4) is 0 Å². The first kappa shape index (κ1) is 10.8. The van der Waals surface area contributed by atoms with Gasteiger partial charge in [0.25, 0.3) is 0 Å². The van der Waals surface area contributed by atoms with Gasteiger partial charge in [0.15, 0.2) is 0 Å². The summed E-state index contributed by atoms with van der Waals surface area (Å²) in [5.74, 6) is -0.820. The summed E-state index contributed by atoms with van der Waals surface area (Å²) in [7, 11) is 0. The zero-order chi connectivity index (χ0) is 9.23. The molecule has 1 N–H and O–H groups in total. The average Bonchev–Trinajstić information content (AvgIpc) is 1.85. The molecule has 0 aromatic rings. The Morgan fingerprint density at radius 2 is 1.82 bits per heavy atom. The fourth-order valence-electron chi connectivity index (χ4n) is 0.769. The van der Waals surface area contributed by atoms with E-state index in [1.807, 2.05) is 13.8 Å². The molecule has 0 aromatic heterocycles. The van der Waals surface area contributed by atoms with Crippen molar-refractivity contribution in [2.75, 3.05) is 0 Å². The van der Waals surface area contributed by atoms with Crippen LogP contribution in [0, 0.1) is 11.3 Å². The Kier molecular flexibility index (Phi) is 3.36. The van der Waals surface area contributed by atoms with E-state index in [1.165, 1.54) is 0 Å². The van der Waals surface area contributed by atoms with Crippen LogP contribution in [0.15, 0.2) is 0 Å². The van der Waals surface area contributed by atoms with Crippen LogP contribution in [0.4, 0.5) is 0 Å². The maximum absolute atomic E-state index is 10.7. The van der Waals surface area contributed by atoms with Crippen molar-refractivity contribution in [3.8, 4) is 0 Å². The molecule has 0 rings (SSSR count). The first-order valence-corrected chi connectivity index (χ1v) is 4.11. The van der Waals surface area contributed by atoms with Crippen molar-refractivity contribution in [1.29, 1.82) is 0 Å². The number of rotatable bonds is 3. The highest BCUT2D eigenvalue weighted by Gasteiger charge is 2.36. The SMILES string of the molecule is CC(Cl)C(C)C(C)(C)C(=O)O. The van der Waals surface area contributed by atoms with Gasteiger partial charge in [0, 0.05) is 5.38 Å². The van der Waals surface area contributed by atoms with E-state index in [4.69, 9.17) is 16.7 Å². The first-order chi connectivity index (χ1) is 4.80. The molecule has 0 bridgehead atoms. The van der Waals surface area contributed by atoms with E-state index in [0.29, 0.717) is 0 Å². The number of carbonyl (C=O) groups is 1. The molecule has 0 radical (unpaired) electrons. The van der Waals surface area contributed by atoms with Crippen LogP contribution in [-0.2, 0) is 4.79 Å². The normalized spacial score (nSPS) is 17.5. The molecule has 0 heterocycles. The van der Waals surface area contributed by atoms with Crippen molar-refractivity contribution >= 4 is 17.6 Å². The summed E-state index contributed by atoms with van der Waals surface area (Å²) in [5, 5.41) is 8.69. The quantitative estimate of drug-likeness (QED) is 0.674. The minimum atomic E-state index is -0.794. The van der Waals surface area contributed by atoms with Crippen LogP contribution in [-0.4, -0.2) is 16.5 Å². The second kappa shape index (κ2) is 3.44. The number of carboxylic acid groups (broad SMARTS) is 1. The second-order valence-corrected chi connectivity index (χ2v) is 4.18. The van der Waals surface area contributed by atoms with Gasteiger partial charge in [-0.2, -0.15) is 0 Å². The largest absolute Gasteiger partial charge is 0.481 e. The van der Waals surface area contributed by atoms with Crippen molar-refractivity contribution in [3.05, 3.63) is 0 Å². The van der Waals surface area contributed by atoms with Gasteiger partial charge in [-0.1, -0.05) is 6.92 Å². The predicted molar refractivity (Wildman–Crippen MR) is 45.9 cm³/mol. The lowest BCUT2D eigenvalue weighted by molar-refractivity contribution is -0.149. The second-order valence-electron chi connectivity index (χ2n) is 3.49. The summed E-state index contributed by atoms with van der Waals surface area (Å²) < 4.78 is 0. The van der Waals surface area contributed by atoms with Gasteiger partial charge in [0.2, 0.25) is 0 Å². The van der Waals surface area contributed by atoms with Gasteiger partial charge in [-0.3, -0.25) is 4.79 Å². The molecule has 0 saturated heterocycles. The van der Waals surface area contributed by atoms with Crippen LogP contribution in [0.25, 0.3) is 0 Å². The van der Waals surface area contributed by atoms with E-state index < -0.39 is 11.4 Å². The maximum atomic E-state index is 10.7. The minimum absolute atomic E-state index is 0.0262. The zero-order valence-corrected chi connectivity index (χ0v) is 8.14. The summed E-state index contributed by atoms with van der Waals surface area (Å²) in [4.78, 5) is 10.7. The van der Waals surface area contributed by atoms with Crippen LogP contribution in [0.1, 0.15) is 27.7 Å². The van der Waals surface area contributed by atoms with Gasteiger partial charge < -0.3 is 5.11 Å². The molecule has 2 atom stereocenters. The van der Waals surface area contributed by atoms with E-state index in [9.17, 15) is 4.79 Å². The monoisotopic (exact) mass is 178 g/mol. The summed E-state index contributed by atoms with van der Waals surface area (Å²) in [6.07, 6.45) is 0. The fourth-order valence-corrected chi connectivity index (χ4v) is 1.08. The van der Waals surface area contributed by atoms with Gasteiger partial charge >= 0.3 is 5.97 Å². The van der Waals surface area contributed by atoms with Crippen molar-refractivity contribution in [1.82, 2.24) is 0 Å². The Hall–Kier alpha value is -0.240. The molecule has 2 unspecified atom stereocenters. The molecule has 66 valence electrons. The highest BCUT2D eigenvalue weighted by atomic mass is 35.5. The lowest BCUT2D eigenvalue weighted by Crippen LogP contribution is -2.35. The Morgan fingerprint density at radius 1 is 1.45 bits per heavy atom. The van der Waals surface area contributed by atoms with Crippen LogP contribution < -0.4 is 0 Å². The van der Waals surface area contributed by atoms with Crippen molar-refractivity contribution in [2.24, 2.45) is 11.3 Å². The molecule has 0 spiro atoms. The molecule has 2 nitrogen and oxygen atoms in total. The van der Waals surface area contributed by atoms with Gasteiger partial charge in [-0.25, -0.2) is 0 Å². The third-order valence-corrected chi connectivity index (χ3v) is 2.76. The molecule has 0 amide bonds. The fraction of sp³-hybridized carbons (Fsp3) is 0.875. The van der Waals surface area contributed by atoms with Gasteiger partial charge in [0.1, 0.15) is 0 Å². The van der Waals surface area contributed by atoms with E-state index in [-0.39, 0.29) is 11.3 Å². The number of halogens is 1. The number of carboxylic acids is 1. The number of aliphatic carboxylic acids is 1. The smallest absolute Gasteiger partial charge is 0.309 e. The third-order valence-electron chi connectivity index (χ3n) is 2.38. The molecule has 0 aliphatic rings. The van der Waals surface area contributed by atoms with Crippen LogP contribution in [0.5, 0.6) is 0 Å². The lowest BCUT2D eigenvalue weighted by Gasteiger charge is -2.28. The van der Waals surface area contributed by atoms with Crippen molar-refractivity contribution in [3.63, 3.8) is 0 Å². The molecular formula is C8H15ClO2. The zero-order valence-electron chi connectivity index (χ0n) is 7.39. The molecule has 0 fully saturated rings. The molecule has 0 aliphatic carbocycles. The lowest BCUT2D eigenvalue weighted by atomic mass is 9.78. The molecule has 3 heteroatoms. The highest BCUT2D eigenvalue weighted by Crippen LogP contribution is 2.31. The highest BCUT2D eigenvalue weighted by molar-refractivity contribution is 6.20. The Labute approximate surface area is 72.6 Å². The molecule has 0 aliphatic heterocycles. The average molecular weight is 179 g/mol. The van der Waals surface area contributed by atoms with Crippen molar-refractivity contribution in [2.45, 2.75) is 33.1 Å². The number of hydrogen-bond acceptors (Lipinski definition) is 1. The predicted octanol–water partition coefficient (Wildman–Crippen LogP) is 2.36. The minimum Gasteiger partial charge on any atom is -0.481 e. The van der Waals surface area contributed by atoms with E-state index in [0.717, 1.165) is 0 Å². The van der Waals surface area contributed by atoms with E-state index in [1.54, 1.807) is 13.8 Å². The Balaban J connectivity index is 4.42. The Morgan fingerprint density at radius 3 is 1.91 bits per heavy atom. The number of hydrogen-bond donors (Lipinski definition) is 1.